The third-order valence-corrected chi connectivity index (χ3v) is 16.2. The van der Waals surface area contributed by atoms with Gasteiger partial charge in [-0.15, -0.1) is 0 Å². The number of nitrogens with two attached hydrogens (primary N) is 6. The number of benzene rings is 2. The van der Waals surface area contributed by atoms with Crippen LogP contribution in [0.2, 0.25) is 0 Å². The fourth-order valence-electron chi connectivity index (χ4n) is 11.4. The molecule has 476 valence electrons. The third-order valence-electron chi connectivity index (χ3n) is 16.2. The van der Waals surface area contributed by atoms with E-state index in [0.29, 0.717) is 34.0 Å². The average molecular weight is 1200 g/mol. The molecule has 3 heterocycles. The summed E-state index contributed by atoms with van der Waals surface area (Å²) in [4.78, 5) is 151. The summed E-state index contributed by atoms with van der Waals surface area (Å²) in [6.07, 6.45) is 1.08. The number of carbonyl (C=O) groups excluding carboxylic acids is 10. The second-order valence-corrected chi connectivity index (χ2v) is 24.5. The Bertz CT molecular complexity index is 2470. The van der Waals surface area contributed by atoms with Crippen LogP contribution in [0.5, 0.6) is 0 Å². The number of amides is 10. The van der Waals surface area contributed by atoms with Gasteiger partial charge >= 0.3 is 0 Å². The number of nitrogens with one attached hydrogen (secondary N) is 4. The number of fused-ring (bicyclic) bond motifs is 2. The molecule has 0 spiro atoms. The minimum Gasteiger partial charge on any atom is -0.342 e. The minimum absolute atomic E-state index is 0.0149. The smallest absolute Gasteiger partial charge is 0.260 e. The summed E-state index contributed by atoms with van der Waals surface area (Å²) in [6.45, 7) is 14.2. The van der Waals surface area contributed by atoms with Gasteiger partial charge in [0.1, 0.15) is 60.4 Å². The lowest BCUT2D eigenvalue weighted by molar-refractivity contribution is -0.152. The van der Waals surface area contributed by atoms with E-state index in [9.17, 15) is 38.4 Å². The molecule has 10 amide bonds. The Morgan fingerprint density at radius 2 is 0.756 bits per heavy atom. The molecule has 2 unspecified atom stereocenters. The van der Waals surface area contributed by atoms with Crippen LogP contribution in [-0.4, -0.2) is 176 Å². The van der Waals surface area contributed by atoms with Crippen molar-refractivity contribution in [3.05, 3.63) is 71.8 Å². The Balaban J connectivity index is 1.66. The Hall–Kier alpha value is -7.10. The number of rotatable bonds is 16. The minimum atomic E-state index is -1.45. The standard InChI is InChI=1S/C60H96N16O10/c1-35(2)31-41-55(81)75(65)47(33-39-19-11-9-12-20-39)57(83)71-29-17-25-43(71)51(77)70-50(38(7)8)60(86)74(64)46(24-16-28-62)54(80)68-42(32-36(3)4)56(82)76(66)48(34-40-21-13-10-14-22-40)58(84)72-30-18-26-44(72)52(78)69-49(37(5)6)59(85)73(63)45(23-15-27-61)53(79)67-41/h9-14,19-22,35-38,41-50H,15-18,23-34,61-66H2,1-8H3,(H,67,79)(H,68,80)(H,69,78)(H,70,77)/t41-,42-,43-,44-,45-,46-,47+,48+,49?,50?/m0/s1. The number of hydrogen-bond donors (Lipinski definition) is 10. The number of hydrogen-bond acceptors (Lipinski definition) is 16. The van der Waals surface area contributed by atoms with Crippen LogP contribution in [0.4, 0.5) is 0 Å². The molecule has 26 heteroatoms. The maximum Gasteiger partial charge on any atom is 0.260 e. The lowest BCUT2D eigenvalue weighted by Crippen LogP contribution is -2.65. The molecule has 3 saturated heterocycles. The van der Waals surface area contributed by atoms with Gasteiger partial charge in [0.25, 0.3) is 23.6 Å². The summed E-state index contributed by atoms with van der Waals surface area (Å²) in [5, 5.41) is 14.1. The first-order chi connectivity index (χ1) is 40.7. The molecule has 0 aliphatic carbocycles. The van der Waals surface area contributed by atoms with Gasteiger partial charge in [0.05, 0.1) is 0 Å². The van der Waals surface area contributed by atoms with E-state index in [4.69, 9.17) is 34.8 Å². The Morgan fingerprint density at radius 1 is 0.430 bits per heavy atom. The SMILES string of the molecule is CC(C)C[C@@H]1NC(=O)[C@H](CCCN)N(N)C(=O)C(C(C)C)NC(=O)[C@@H]2CCCN2C(=O)[C@@H](Cc2ccccc2)N(N)C(=O)[C@H](CC(C)C)NC(=O)[C@H](CCCN)N(N)C(=O)C(C(C)C)NC(=O)[C@@H]2CCCN2C(=O)[C@@H](Cc2ccccc2)N(N)C1=O. The quantitative estimate of drug-likeness (QED) is 0.0753. The topological polar surface area (TPSA) is 394 Å². The summed E-state index contributed by atoms with van der Waals surface area (Å²) in [5.41, 5.74) is 13.1. The van der Waals surface area contributed by atoms with Gasteiger partial charge in [0.2, 0.25) is 35.4 Å². The van der Waals surface area contributed by atoms with Crippen molar-refractivity contribution in [3.63, 3.8) is 0 Å². The van der Waals surface area contributed by atoms with E-state index in [1.165, 1.54) is 9.80 Å². The van der Waals surface area contributed by atoms with Gasteiger partial charge in [-0.05, 0) is 112 Å². The average Bonchev–Trinajstić information content (AvgIpc) is 3.44. The largest absolute Gasteiger partial charge is 0.342 e. The molecule has 0 bridgehead atoms. The molecule has 2 aromatic carbocycles. The van der Waals surface area contributed by atoms with Crippen molar-refractivity contribution in [2.75, 3.05) is 26.2 Å². The van der Waals surface area contributed by atoms with E-state index in [2.05, 4.69) is 21.3 Å². The Kier molecular flexibility index (Phi) is 26.4. The van der Waals surface area contributed by atoms with Gasteiger partial charge in [-0.3, -0.25) is 68.0 Å². The van der Waals surface area contributed by atoms with Crippen molar-refractivity contribution in [1.29, 1.82) is 0 Å². The molecule has 86 heavy (non-hydrogen) atoms. The highest BCUT2D eigenvalue weighted by molar-refractivity contribution is 6.00. The lowest BCUT2D eigenvalue weighted by atomic mass is 9.98. The zero-order valence-electron chi connectivity index (χ0n) is 51.4. The first-order valence-corrected chi connectivity index (χ1v) is 30.4. The Labute approximate surface area is 505 Å². The highest BCUT2D eigenvalue weighted by Gasteiger charge is 2.47. The van der Waals surface area contributed by atoms with Crippen LogP contribution in [0.15, 0.2) is 60.7 Å². The highest BCUT2D eigenvalue weighted by atomic mass is 16.2. The van der Waals surface area contributed by atoms with Crippen LogP contribution in [0.1, 0.15) is 131 Å². The zero-order chi connectivity index (χ0) is 63.7. The van der Waals surface area contributed by atoms with E-state index in [1.807, 2.05) is 27.7 Å². The van der Waals surface area contributed by atoms with Gasteiger partial charge in [0, 0.05) is 25.9 Å². The second-order valence-electron chi connectivity index (χ2n) is 24.5. The molecule has 0 saturated carbocycles. The summed E-state index contributed by atoms with van der Waals surface area (Å²) < 4.78 is 0. The number of hydrazine groups is 4. The monoisotopic (exact) mass is 1200 g/mol. The molecular weight excluding hydrogens is 1100 g/mol. The van der Waals surface area contributed by atoms with Gasteiger partial charge < -0.3 is 42.5 Å². The van der Waals surface area contributed by atoms with Crippen molar-refractivity contribution in [2.45, 2.75) is 193 Å². The van der Waals surface area contributed by atoms with E-state index >= 15 is 9.59 Å². The van der Waals surface area contributed by atoms with Crippen LogP contribution < -0.4 is 56.1 Å². The highest BCUT2D eigenvalue weighted by Crippen LogP contribution is 2.26. The van der Waals surface area contributed by atoms with Crippen molar-refractivity contribution < 1.29 is 47.9 Å². The van der Waals surface area contributed by atoms with E-state index in [0.717, 1.165) is 10.0 Å². The second kappa shape index (κ2) is 32.6. The maximum absolute atomic E-state index is 15.1. The molecule has 16 N–H and O–H groups in total. The van der Waals surface area contributed by atoms with Crippen LogP contribution in [-0.2, 0) is 60.8 Å². The van der Waals surface area contributed by atoms with Gasteiger partial charge in [-0.1, -0.05) is 116 Å². The van der Waals surface area contributed by atoms with Crippen molar-refractivity contribution >= 4 is 59.1 Å². The molecular formula is C60H96N16O10. The van der Waals surface area contributed by atoms with Crippen LogP contribution >= 0.6 is 0 Å². The van der Waals surface area contributed by atoms with E-state index in [-0.39, 0.29) is 102 Å². The zero-order valence-corrected chi connectivity index (χ0v) is 51.4. The summed E-state index contributed by atoms with van der Waals surface area (Å²) in [7, 11) is 0. The van der Waals surface area contributed by atoms with Gasteiger partial charge in [-0.25, -0.2) is 23.4 Å². The number of carbonyl (C=O) groups is 10. The van der Waals surface area contributed by atoms with Gasteiger partial charge in [0.15, 0.2) is 0 Å². The molecule has 3 fully saturated rings. The summed E-state index contributed by atoms with van der Waals surface area (Å²) in [5.74, 6) is 17.2. The molecule has 0 aromatic heterocycles. The third kappa shape index (κ3) is 18.0. The maximum atomic E-state index is 15.1. The summed E-state index contributed by atoms with van der Waals surface area (Å²) in [6, 6.07) is 3.94. The predicted molar refractivity (Wildman–Crippen MR) is 322 cm³/mol. The normalized spacial score (nSPS) is 26.4. The molecule has 3 aliphatic rings. The van der Waals surface area contributed by atoms with Crippen LogP contribution in [0, 0.1) is 23.7 Å². The molecule has 2 aromatic rings. The fraction of sp³-hybridized carbons (Fsp3) is 0.633. The molecule has 5 rings (SSSR count). The lowest BCUT2D eigenvalue weighted by Gasteiger charge is -2.37. The van der Waals surface area contributed by atoms with Crippen molar-refractivity contribution in [1.82, 2.24) is 51.1 Å². The fourth-order valence-corrected chi connectivity index (χ4v) is 11.4. The van der Waals surface area contributed by atoms with E-state index in [1.54, 1.807) is 88.4 Å². The van der Waals surface area contributed by atoms with Crippen molar-refractivity contribution in [3.8, 4) is 0 Å². The first-order valence-electron chi connectivity index (χ1n) is 30.4. The molecule has 3 aliphatic heterocycles. The molecule has 26 nitrogen and oxygen atoms in total. The van der Waals surface area contributed by atoms with Crippen molar-refractivity contribution in [2.24, 2.45) is 58.5 Å². The first kappa shape index (κ1) is 69.7. The Morgan fingerprint density at radius 3 is 1.06 bits per heavy atom. The van der Waals surface area contributed by atoms with Gasteiger partial charge in [-0.2, -0.15) is 0 Å². The molecule has 10 atom stereocenters. The number of nitrogens with zero attached hydrogens (tertiary/aromatic N) is 6. The van der Waals surface area contributed by atoms with Crippen LogP contribution in [0.25, 0.3) is 0 Å². The summed E-state index contributed by atoms with van der Waals surface area (Å²) >= 11 is 0. The predicted octanol–water partition coefficient (Wildman–Crippen LogP) is -0.428. The van der Waals surface area contributed by atoms with Crippen LogP contribution in [0.3, 0.4) is 0 Å². The van der Waals surface area contributed by atoms with E-state index < -0.39 is 131 Å². The molecule has 0 radical (unpaired) electrons.